The van der Waals surface area contributed by atoms with Gasteiger partial charge in [-0.15, -0.1) is 0 Å². The van der Waals surface area contributed by atoms with Crippen molar-refractivity contribution in [3.8, 4) is 0 Å². The number of hydrogen-bond donors (Lipinski definition) is 1. The third kappa shape index (κ3) is 5.23. The Bertz CT molecular complexity index is 1090. The van der Waals surface area contributed by atoms with Gasteiger partial charge in [-0.05, 0) is 56.9 Å². The van der Waals surface area contributed by atoms with Crippen LogP contribution in [0.25, 0.3) is 0 Å². The summed E-state index contributed by atoms with van der Waals surface area (Å²) in [6.07, 6.45) is -10.3. The molecule has 1 aromatic rings. The van der Waals surface area contributed by atoms with Crippen molar-refractivity contribution in [3.63, 3.8) is 0 Å². The number of rotatable bonds is 2. The van der Waals surface area contributed by atoms with Gasteiger partial charge in [0.15, 0.2) is 0 Å². The van der Waals surface area contributed by atoms with Crippen LogP contribution < -0.4 is 5.32 Å². The summed E-state index contributed by atoms with van der Waals surface area (Å²) >= 11 is 0. The first-order chi connectivity index (χ1) is 16.6. The second-order valence-electron chi connectivity index (χ2n) is 9.39. The maximum absolute atomic E-state index is 13.1. The fourth-order valence-electron chi connectivity index (χ4n) is 4.63. The van der Waals surface area contributed by atoms with Crippen LogP contribution in [0.15, 0.2) is 42.0 Å². The molecule has 0 spiro atoms. The number of nitrogens with one attached hydrogen (secondary N) is 1. The van der Waals surface area contributed by atoms with E-state index in [-0.39, 0.29) is 24.2 Å². The highest BCUT2D eigenvalue weighted by Gasteiger charge is 2.62. The molecule has 1 aromatic carbocycles. The van der Waals surface area contributed by atoms with Crippen molar-refractivity contribution < 1.29 is 50.1 Å². The van der Waals surface area contributed by atoms with Crippen LogP contribution in [0, 0.1) is 5.92 Å². The minimum Gasteiger partial charge on any atom is -0.455 e. The van der Waals surface area contributed by atoms with E-state index in [0.29, 0.717) is 30.5 Å². The Hall–Kier alpha value is -3.02. The van der Waals surface area contributed by atoms with Crippen LogP contribution in [0.4, 0.5) is 36.8 Å². The van der Waals surface area contributed by atoms with E-state index in [4.69, 9.17) is 14.2 Å². The largest absolute Gasteiger partial charge is 0.455 e. The first kappa shape index (κ1) is 26.1. The summed E-state index contributed by atoms with van der Waals surface area (Å²) in [5.41, 5.74) is -3.58. The number of alkyl halides is 6. The van der Waals surface area contributed by atoms with E-state index >= 15 is 0 Å². The van der Waals surface area contributed by atoms with Crippen LogP contribution in [0.5, 0.6) is 0 Å². The van der Waals surface area contributed by atoms with E-state index in [1.807, 2.05) is 18.3 Å². The average molecular weight is 519 g/mol. The molecule has 0 unspecified atom stereocenters. The Labute approximate surface area is 202 Å². The summed E-state index contributed by atoms with van der Waals surface area (Å²) in [6.45, 7) is 7.35. The molecule has 0 bridgehead atoms. The molecule has 36 heavy (non-hydrogen) atoms. The van der Waals surface area contributed by atoms with Crippen molar-refractivity contribution in [2.24, 2.45) is 5.92 Å². The highest BCUT2D eigenvalue weighted by atomic mass is 19.4. The molecular formula is C24H23F6NO5. The van der Waals surface area contributed by atoms with E-state index < -0.39 is 65.0 Å². The van der Waals surface area contributed by atoms with E-state index in [2.05, 4.69) is 6.58 Å². The van der Waals surface area contributed by atoms with Gasteiger partial charge in [0.05, 0.1) is 16.7 Å². The van der Waals surface area contributed by atoms with Crippen LogP contribution in [0.2, 0.25) is 0 Å². The topological polar surface area (TPSA) is 77.2 Å². The van der Waals surface area contributed by atoms with Gasteiger partial charge in [-0.2, -0.15) is 26.3 Å². The Morgan fingerprint density at radius 2 is 1.75 bits per heavy atom. The molecule has 2 saturated heterocycles. The van der Waals surface area contributed by atoms with Crippen LogP contribution in [-0.4, -0.2) is 36.0 Å². The summed E-state index contributed by atoms with van der Waals surface area (Å²) in [5, 5.41) is 1.97. The minimum atomic E-state index is -5.07. The molecule has 2 heterocycles. The fourth-order valence-corrected chi connectivity index (χ4v) is 4.63. The van der Waals surface area contributed by atoms with Gasteiger partial charge < -0.3 is 14.2 Å². The lowest BCUT2D eigenvalue weighted by Gasteiger charge is -2.26. The van der Waals surface area contributed by atoms with E-state index in [9.17, 15) is 35.9 Å². The quantitative estimate of drug-likeness (QED) is 0.170. The highest BCUT2D eigenvalue weighted by Crippen LogP contribution is 2.50. The maximum atomic E-state index is 13.1. The molecule has 1 aliphatic carbocycles. The highest BCUT2D eigenvalue weighted by molar-refractivity contribution is 5.91. The zero-order valence-electron chi connectivity index (χ0n) is 19.3. The Morgan fingerprint density at radius 1 is 1.14 bits per heavy atom. The van der Waals surface area contributed by atoms with E-state index in [1.54, 1.807) is 6.92 Å². The second kappa shape index (κ2) is 8.82. The monoisotopic (exact) mass is 519 g/mol. The van der Waals surface area contributed by atoms with Crippen LogP contribution in [-0.2, 0) is 31.4 Å². The number of benzene rings is 1. The molecular weight excluding hydrogens is 496 g/mol. The Morgan fingerprint density at radius 3 is 2.33 bits per heavy atom. The molecule has 0 saturated carbocycles. The summed E-state index contributed by atoms with van der Waals surface area (Å²) in [6, 6.07) is 0.736. The van der Waals surface area contributed by atoms with Crippen molar-refractivity contribution in [1.29, 1.82) is 0 Å². The van der Waals surface area contributed by atoms with Crippen LogP contribution >= 0.6 is 0 Å². The van der Waals surface area contributed by atoms with Crippen molar-refractivity contribution in [2.45, 2.75) is 69.4 Å². The molecule has 0 radical (unpaired) electrons. The second-order valence-corrected chi connectivity index (χ2v) is 9.39. The predicted octanol–water partition coefficient (Wildman–Crippen LogP) is 6.03. The number of halogens is 6. The maximum Gasteiger partial charge on any atom is 0.416 e. The van der Waals surface area contributed by atoms with Crippen molar-refractivity contribution in [1.82, 2.24) is 0 Å². The zero-order chi connectivity index (χ0) is 26.6. The fraction of sp³-hybridized carbons (Fsp3) is 0.500. The van der Waals surface area contributed by atoms with E-state index in [0.717, 1.165) is 0 Å². The predicted molar refractivity (Wildman–Crippen MR) is 114 cm³/mol. The number of anilines is 1. The van der Waals surface area contributed by atoms with Gasteiger partial charge in [0.2, 0.25) is 0 Å². The molecule has 3 aliphatic rings. The number of amides is 1. The summed E-state index contributed by atoms with van der Waals surface area (Å²) in [4.78, 5) is 24.8. The molecule has 6 nitrogen and oxygen atoms in total. The lowest BCUT2D eigenvalue weighted by atomic mass is 9.83. The number of epoxide rings is 1. The number of hydrogen-bond acceptors (Lipinski definition) is 5. The summed E-state index contributed by atoms with van der Waals surface area (Å²) in [7, 11) is 0. The van der Waals surface area contributed by atoms with Gasteiger partial charge in [-0.1, -0.05) is 12.7 Å². The van der Waals surface area contributed by atoms with Gasteiger partial charge in [-0.3, -0.25) is 5.32 Å². The molecule has 1 N–H and O–H groups in total. The van der Waals surface area contributed by atoms with Gasteiger partial charge in [0, 0.05) is 17.2 Å². The molecule has 0 aromatic heterocycles. The van der Waals surface area contributed by atoms with Gasteiger partial charge >= 0.3 is 24.4 Å². The lowest BCUT2D eigenvalue weighted by Crippen LogP contribution is -2.33. The standard InChI is InChI=1S/C24H23F6NO5/c1-11-5-4-6-22(3)19(36-22)18-16(12(2)20(32)35-18)10-17(11)34-21(33)31-15-8-13(23(25,26)27)7-14(9-15)24(28,29)30/h5,7-9,16-19H,2,4,6,10H2,1,3H3,(H,31,33)/t16-,17-,18-,19+,22+/m0/s1. The van der Waals surface area contributed by atoms with Crippen molar-refractivity contribution >= 4 is 17.7 Å². The third-order valence-corrected chi connectivity index (χ3v) is 6.75. The van der Waals surface area contributed by atoms with Crippen LogP contribution in [0.1, 0.15) is 44.2 Å². The number of allylic oxidation sites excluding steroid dienone is 1. The normalized spacial score (nSPS) is 30.5. The summed E-state index contributed by atoms with van der Waals surface area (Å²) in [5.74, 6) is -1.16. The Kier molecular flexibility index (Phi) is 6.39. The van der Waals surface area contributed by atoms with Crippen molar-refractivity contribution in [2.75, 3.05) is 5.32 Å². The summed E-state index contributed by atoms with van der Waals surface area (Å²) < 4.78 is 95.5. The zero-order valence-corrected chi connectivity index (χ0v) is 19.3. The Balaban J connectivity index is 1.56. The number of carbonyl (C=O) groups is 2. The van der Waals surface area contributed by atoms with Gasteiger partial charge in [0.1, 0.15) is 18.3 Å². The van der Waals surface area contributed by atoms with Gasteiger partial charge in [0.25, 0.3) is 0 Å². The molecule has 196 valence electrons. The number of esters is 1. The average Bonchev–Trinajstić information content (AvgIpc) is 3.34. The third-order valence-electron chi connectivity index (χ3n) is 6.75. The number of ether oxygens (including phenoxy) is 3. The smallest absolute Gasteiger partial charge is 0.416 e. The molecule has 12 heteroatoms. The molecule has 2 aliphatic heterocycles. The minimum absolute atomic E-state index is 0.0404. The lowest BCUT2D eigenvalue weighted by molar-refractivity contribution is -0.143. The van der Waals surface area contributed by atoms with Crippen molar-refractivity contribution in [3.05, 3.63) is 53.1 Å². The van der Waals surface area contributed by atoms with E-state index in [1.165, 1.54) is 0 Å². The first-order valence-corrected chi connectivity index (χ1v) is 11.1. The molecule has 1 amide bonds. The SMILES string of the molecule is C=C1C(=O)O[C@@H]2[C@H]3O[C@]3(C)CCC=C(C)[C@@H](OC(=O)Nc3cc(C(F)(F)F)cc(C(F)(F)F)c3)C[C@@H]12. The first-order valence-electron chi connectivity index (χ1n) is 11.1. The number of fused-ring (bicyclic) bond motifs is 3. The molecule has 4 rings (SSSR count). The van der Waals surface area contributed by atoms with Gasteiger partial charge in [-0.25, -0.2) is 9.59 Å². The number of carbonyl (C=O) groups excluding carboxylic acids is 2. The van der Waals surface area contributed by atoms with Crippen LogP contribution in [0.3, 0.4) is 0 Å². The molecule has 5 atom stereocenters. The molecule has 2 fully saturated rings.